The number of amides is 2. The number of ether oxygens (including phenoxy) is 2. The third kappa shape index (κ3) is 5.17. The first-order valence-electron chi connectivity index (χ1n) is 13.6. The predicted molar refractivity (Wildman–Crippen MR) is 141 cm³/mol. The lowest BCUT2D eigenvalue weighted by atomic mass is 9.93. The molecule has 0 unspecified atom stereocenters. The standard InChI is InChI=1S/C27H31F2N7O4/c1-17(37)33-8-6-18(7-9-33)26(38)35-15-19(16-35)40-23-14-22(31-27(32-23)34-10-12-39-13-11-34)36-21-5-3-2-4-20(21)30-25(36)24(28)29/h2-5,14,18-19,24H,6-13,15-16H2,1H3. The van der Waals surface area contributed by atoms with Gasteiger partial charge in [-0.2, -0.15) is 9.97 Å². The molecule has 6 rings (SSSR count). The molecule has 0 bridgehead atoms. The number of hydrogen-bond acceptors (Lipinski definition) is 8. The Kier molecular flexibility index (Phi) is 7.22. The van der Waals surface area contributed by atoms with Crippen LogP contribution in [0.5, 0.6) is 5.88 Å². The molecule has 3 fully saturated rings. The Hall–Kier alpha value is -3.87. The highest BCUT2D eigenvalue weighted by Crippen LogP contribution is 2.31. The summed E-state index contributed by atoms with van der Waals surface area (Å²) in [6, 6.07) is 8.47. The second kappa shape index (κ2) is 11.0. The van der Waals surface area contributed by atoms with Crippen LogP contribution in [0.2, 0.25) is 0 Å². The third-order valence-electron chi connectivity index (χ3n) is 7.72. The molecule has 13 heteroatoms. The van der Waals surface area contributed by atoms with Gasteiger partial charge in [0.1, 0.15) is 11.9 Å². The third-order valence-corrected chi connectivity index (χ3v) is 7.72. The summed E-state index contributed by atoms with van der Waals surface area (Å²) < 4.78 is 41.1. The molecular weight excluding hydrogens is 524 g/mol. The zero-order chi connectivity index (χ0) is 27.8. The van der Waals surface area contributed by atoms with E-state index in [4.69, 9.17) is 9.47 Å². The number of carbonyl (C=O) groups excluding carboxylic acids is 2. The number of piperidine rings is 1. The fourth-order valence-corrected chi connectivity index (χ4v) is 5.48. The normalized spacial score (nSPS) is 18.9. The molecule has 0 saturated carbocycles. The van der Waals surface area contributed by atoms with Gasteiger partial charge in [-0.25, -0.2) is 13.8 Å². The largest absolute Gasteiger partial charge is 0.470 e. The molecule has 212 valence electrons. The maximum absolute atomic E-state index is 14.1. The van der Waals surface area contributed by atoms with Gasteiger partial charge in [0.15, 0.2) is 5.82 Å². The van der Waals surface area contributed by atoms with Crippen LogP contribution in [0.4, 0.5) is 14.7 Å². The second-order valence-electron chi connectivity index (χ2n) is 10.3. The molecule has 2 amide bonds. The molecule has 0 aliphatic carbocycles. The molecule has 0 radical (unpaired) electrons. The summed E-state index contributed by atoms with van der Waals surface area (Å²) in [5, 5.41) is 0. The molecule has 11 nitrogen and oxygen atoms in total. The first kappa shape index (κ1) is 26.4. The van der Waals surface area contributed by atoms with Crippen LogP contribution in [0, 0.1) is 5.92 Å². The lowest BCUT2D eigenvalue weighted by Gasteiger charge is -2.42. The summed E-state index contributed by atoms with van der Waals surface area (Å²) in [6.07, 6.45) is -1.78. The Bertz CT molecular complexity index is 1400. The van der Waals surface area contributed by atoms with Gasteiger partial charge in [0.25, 0.3) is 6.43 Å². The van der Waals surface area contributed by atoms with Crippen LogP contribution >= 0.6 is 0 Å². The highest BCUT2D eigenvalue weighted by molar-refractivity contribution is 5.81. The minimum Gasteiger partial charge on any atom is -0.470 e. The van der Waals surface area contributed by atoms with Gasteiger partial charge in [-0.1, -0.05) is 12.1 Å². The van der Waals surface area contributed by atoms with Gasteiger partial charge in [-0.15, -0.1) is 0 Å². The topological polar surface area (TPSA) is 106 Å². The number of para-hydroxylation sites is 2. The molecule has 3 saturated heterocycles. The van der Waals surface area contributed by atoms with Crippen LogP contribution in [0.15, 0.2) is 30.3 Å². The van der Waals surface area contributed by atoms with Crippen molar-refractivity contribution in [2.24, 2.45) is 5.92 Å². The van der Waals surface area contributed by atoms with Crippen molar-refractivity contribution < 1.29 is 27.8 Å². The van der Waals surface area contributed by atoms with E-state index in [1.165, 1.54) is 4.57 Å². The van der Waals surface area contributed by atoms with Crippen molar-refractivity contribution in [3.63, 3.8) is 0 Å². The summed E-state index contributed by atoms with van der Waals surface area (Å²) in [7, 11) is 0. The van der Waals surface area contributed by atoms with E-state index in [2.05, 4.69) is 15.0 Å². The van der Waals surface area contributed by atoms with Gasteiger partial charge in [-0.05, 0) is 25.0 Å². The van der Waals surface area contributed by atoms with Crippen molar-refractivity contribution in [1.29, 1.82) is 0 Å². The van der Waals surface area contributed by atoms with E-state index in [1.807, 2.05) is 4.90 Å². The van der Waals surface area contributed by atoms with Crippen LogP contribution < -0.4 is 9.64 Å². The summed E-state index contributed by atoms with van der Waals surface area (Å²) in [4.78, 5) is 43.4. The molecular formula is C27H31F2N7O4. The number of morpholine rings is 1. The summed E-state index contributed by atoms with van der Waals surface area (Å²) in [5.74, 6) is 0.447. The van der Waals surface area contributed by atoms with Crippen LogP contribution in [0.25, 0.3) is 16.9 Å². The van der Waals surface area contributed by atoms with E-state index in [0.29, 0.717) is 82.3 Å². The lowest BCUT2D eigenvalue weighted by molar-refractivity contribution is -0.147. The lowest BCUT2D eigenvalue weighted by Crippen LogP contribution is -2.58. The Labute approximate surface area is 229 Å². The van der Waals surface area contributed by atoms with Gasteiger partial charge in [0.2, 0.25) is 23.6 Å². The number of likely N-dealkylation sites (tertiary alicyclic amines) is 2. The minimum absolute atomic E-state index is 0.0355. The Morgan fingerprint density at radius 2 is 1.73 bits per heavy atom. The summed E-state index contributed by atoms with van der Waals surface area (Å²) in [5.41, 5.74) is 0.945. The number of anilines is 1. The SMILES string of the molecule is CC(=O)N1CCC(C(=O)N2CC(Oc3cc(-n4c(C(F)F)nc5ccccc54)nc(N4CCOCC4)n3)C2)CC1. The first-order chi connectivity index (χ1) is 19.4. The number of carbonyl (C=O) groups is 2. The number of fused-ring (bicyclic) bond motifs is 1. The molecule has 40 heavy (non-hydrogen) atoms. The summed E-state index contributed by atoms with van der Waals surface area (Å²) in [6.45, 7) is 5.69. The monoisotopic (exact) mass is 555 g/mol. The van der Waals surface area contributed by atoms with Gasteiger partial charge in [-0.3, -0.25) is 14.2 Å². The first-order valence-corrected chi connectivity index (χ1v) is 13.6. The van der Waals surface area contributed by atoms with Crippen LogP contribution in [-0.2, 0) is 14.3 Å². The maximum Gasteiger partial charge on any atom is 0.296 e. The molecule has 3 aliphatic rings. The number of alkyl halides is 2. The van der Waals surface area contributed by atoms with Gasteiger partial charge in [0, 0.05) is 45.1 Å². The fraction of sp³-hybridized carbons (Fsp3) is 0.519. The van der Waals surface area contributed by atoms with E-state index in [9.17, 15) is 18.4 Å². The molecule has 5 heterocycles. The number of nitrogens with zero attached hydrogens (tertiary/aromatic N) is 7. The van der Waals surface area contributed by atoms with Crippen molar-refractivity contribution in [1.82, 2.24) is 29.3 Å². The van der Waals surface area contributed by atoms with Gasteiger partial charge >= 0.3 is 0 Å². The quantitative estimate of drug-likeness (QED) is 0.457. The number of aromatic nitrogens is 4. The molecule has 3 aliphatic heterocycles. The number of hydrogen-bond donors (Lipinski definition) is 0. The predicted octanol–water partition coefficient (Wildman–Crippen LogP) is 2.44. The Balaban J connectivity index is 1.22. The van der Waals surface area contributed by atoms with E-state index in [1.54, 1.807) is 47.1 Å². The van der Waals surface area contributed by atoms with Crippen molar-refractivity contribution >= 4 is 28.8 Å². The Morgan fingerprint density at radius 1 is 1.00 bits per heavy atom. The highest BCUT2D eigenvalue weighted by atomic mass is 19.3. The molecule has 1 aromatic carbocycles. The average molecular weight is 556 g/mol. The van der Waals surface area contributed by atoms with Crippen molar-refractivity contribution in [3.05, 3.63) is 36.2 Å². The smallest absolute Gasteiger partial charge is 0.296 e. The van der Waals surface area contributed by atoms with E-state index in [0.717, 1.165) is 0 Å². The molecule has 0 atom stereocenters. The Morgan fingerprint density at radius 3 is 2.42 bits per heavy atom. The zero-order valence-corrected chi connectivity index (χ0v) is 22.2. The van der Waals surface area contributed by atoms with E-state index < -0.39 is 12.2 Å². The number of rotatable bonds is 6. The molecule has 0 spiro atoms. The van der Waals surface area contributed by atoms with Crippen LogP contribution in [0.1, 0.15) is 32.0 Å². The van der Waals surface area contributed by atoms with E-state index >= 15 is 0 Å². The fourth-order valence-electron chi connectivity index (χ4n) is 5.48. The zero-order valence-electron chi connectivity index (χ0n) is 22.2. The number of imidazole rings is 1. The molecule has 3 aromatic rings. The van der Waals surface area contributed by atoms with Crippen molar-refractivity contribution in [2.45, 2.75) is 32.3 Å². The van der Waals surface area contributed by atoms with Crippen LogP contribution in [0.3, 0.4) is 0 Å². The highest BCUT2D eigenvalue weighted by Gasteiger charge is 2.37. The van der Waals surface area contributed by atoms with Crippen molar-refractivity contribution in [3.8, 4) is 11.7 Å². The maximum atomic E-state index is 14.1. The molecule has 0 N–H and O–H groups in total. The van der Waals surface area contributed by atoms with Gasteiger partial charge in [0.05, 0.1) is 37.3 Å². The minimum atomic E-state index is -2.81. The van der Waals surface area contributed by atoms with Gasteiger partial charge < -0.3 is 24.2 Å². The summed E-state index contributed by atoms with van der Waals surface area (Å²) >= 11 is 0. The number of benzene rings is 1. The average Bonchev–Trinajstić information content (AvgIpc) is 3.35. The van der Waals surface area contributed by atoms with Crippen molar-refractivity contribution in [2.75, 3.05) is 57.4 Å². The molecule has 2 aromatic heterocycles. The number of halogens is 2. The second-order valence-corrected chi connectivity index (χ2v) is 10.3. The van der Waals surface area contributed by atoms with E-state index in [-0.39, 0.29) is 35.5 Å². The van der Waals surface area contributed by atoms with Crippen LogP contribution in [-0.4, -0.2) is 99.7 Å².